The molecule has 3 heterocycles. The molecular formula is C35H47F3N4O6. The summed E-state index contributed by atoms with van der Waals surface area (Å²) in [7, 11) is 0. The van der Waals surface area contributed by atoms with Gasteiger partial charge >= 0.3 is 12.3 Å². The molecule has 5 rings (SSSR count). The molecule has 48 heavy (non-hydrogen) atoms. The number of hydrogen-bond donors (Lipinski definition) is 1. The van der Waals surface area contributed by atoms with Gasteiger partial charge in [0.1, 0.15) is 29.2 Å². The fourth-order valence-electron chi connectivity index (χ4n) is 7.46. The van der Waals surface area contributed by atoms with Crippen LogP contribution in [0.3, 0.4) is 0 Å². The molecule has 2 aliphatic heterocycles. The van der Waals surface area contributed by atoms with Gasteiger partial charge in [0.25, 0.3) is 0 Å². The number of hydrogen-bond acceptors (Lipinski definition) is 8. The summed E-state index contributed by atoms with van der Waals surface area (Å²) < 4.78 is 56.0. The third-order valence-electron chi connectivity index (χ3n) is 10.1. The first-order valence-electron chi connectivity index (χ1n) is 16.9. The number of aryl methyl sites for hydroxylation is 1. The van der Waals surface area contributed by atoms with Crippen molar-refractivity contribution in [3.8, 4) is 11.6 Å². The highest BCUT2D eigenvalue weighted by atomic mass is 19.4. The van der Waals surface area contributed by atoms with Gasteiger partial charge in [-0.25, -0.2) is 14.8 Å². The van der Waals surface area contributed by atoms with Gasteiger partial charge in [0, 0.05) is 12.0 Å². The van der Waals surface area contributed by atoms with E-state index in [0.29, 0.717) is 23.1 Å². The van der Waals surface area contributed by atoms with Gasteiger partial charge < -0.3 is 24.4 Å². The second kappa shape index (κ2) is 13.7. The zero-order valence-electron chi connectivity index (χ0n) is 28.6. The van der Waals surface area contributed by atoms with Crippen LogP contribution in [0.2, 0.25) is 0 Å². The number of halogens is 3. The van der Waals surface area contributed by atoms with Crippen LogP contribution in [0.5, 0.6) is 11.6 Å². The van der Waals surface area contributed by atoms with E-state index in [-0.39, 0.29) is 29.9 Å². The number of carbonyl (C=O) groups excluding carboxylic acids is 3. The van der Waals surface area contributed by atoms with E-state index in [4.69, 9.17) is 24.2 Å². The number of nitrogens with zero attached hydrogens (tertiary/aromatic N) is 3. The highest BCUT2D eigenvalue weighted by molar-refractivity contribution is 5.92. The number of rotatable bonds is 3. The molecule has 0 unspecified atom stereocenters. The topological polar surface area (TPSA) is 120 Å². The summed E-state index contributed by atoms with van der Waals surface area (Å²) in [4.78, 5) is 51.7. The fourth-order valence-corrected chi connectivity index (χ4v) is 7.46. The second-order valence-corrected chi connectivity index (χ2v) is 14.9. The fraction of sp³-hybridized carbons (Fsp3) is 0.686. The number of alkyl halides is 3. The Morgan fingerprint density at radius 2 is 1.81 bits per heavy atom. The zero-order valence-corrected chi connectivity index (χ0v) is 28.6. The van der Waals surface area contributed by atoms with Crippen LogP contribution in [0.25, 0.3) is 11.0 Å². The maximum Gasteiger partial charge on any atom is 0.422 e. The van der Waals surface area contributed by atoms with Gasteiger partial charge in [-0.2, -0.15) is 13.2 Å². The summed E-state index contributed by atoms with van der Waals surface area (Å²) in [6.07, 6.45) is 0.852. The number of Topliss-reactive ketones (excluding diaryl/α,β-unsaturated/α-hetero) is 1. The molecule has 1 N–H and O–H groups in total. The lowest BCUT2D eigenvalue weighted by atomic mass is 9.85. The van der Waals surface area contributed by atoms with Gasteiger partial charge in [0.15, 0.2) is 12.4 Å². The number of alkyl carbamates (subject to hydrolysis) is 1. The minimum atomic E-state index is -4.50. The predicted octanol–water partition coefficient (Wildman–Crippen LogP) is 6.57. The van der Waals surface area contributed by atoms with Gasteiger partial charge in [-0.1, -0.05) is 40.5 Å². The largest absolute Gasteiger partial charge is 0.484 e. The van der Waals surface area contributed by atoms with Gasteiger partial charge in [0.05, 0.1) is 23.6 Å². The van der Waals surface area contributed by atoms with E-state index in [9.17, 15) is 27.6 Å². The van der Waals surface area contributed by atoms with E-state index in [0.717, 1.165) is 44.9 Å². The Balaban J connectivity index is 1.52. The van der Waals surface area contributed by atoms with Crippen molar-refractivity contribution in [2.45, 2.75) is 123 Å². The van der Waals surface area contributed by atoms with Crippen LogP contribution in [0.15, 0.2) is 18.2 Å². The Labute approximate surface area is 279 Å². The van der Waals surface area contributed by atoms with Crippen molar-refractivity contribution in [3.05, 3.63) is 23.9 Å². The minimum Gasteiger partial charge on any atom is -0.484 e. The second-order valence-electron chi connectivity index (χ2n) is 14.9. The molecule has 1 aromatic carbocycles. The van der Waals surface area contributed by atoms with Crippen LogP contribution in [-0.2, 0) is 20.7 Å². The number of ether oxygens (including phenoxy) is 3. The number of ketones is 1. The molecular weight excluding hydrogens is 629 g/mol. The first-order chi connectivity index (χ1) is 22.4. The summed E-state index contributed by atoms with van der Waals surface area (Å²) in [6.45, 7) is 9.40. The van der Waals surface area contributed by atoms with Gasteiger partial charge in [-0.3, -0.25) is 9.59 Å². The molecule has 2 bridgehead atoms. The maximum absolute atomic E-state index is 14.3. The molecule has 1 aromatic heterocycles. The Kier molecular flexibility index (Phi) is 10.2. The molecule has 6 atom stereocenters. The number of fused-ring (bicyclic) bond motifs is 5. The van der Waals surface area contributed by atoms with Crippen LogP contribution in [0.4, 0.5) is 18.0 Å². The van der Waals surface area contributed by atoms with Crippen LogP contribution in [0, 0.1) is 17.3 Å². The van der Waals surface area contributed by atoms with Crippen molar-refractivity contribution < 1.29 is 41.8 Å². The van der Waals surface area contributed by atoms with Gasteiger partial charge in [-0.05, 0) is 75.8 Å². The highest BCUT2D eigenvalue weighted by Crippen LogP contribution is 2.42. The first kappa shape index (κ1) is 35.7. The van der Waals surface area contributed by atoms with E-state index in [1.807, 2.05) is 34.6 Å². The van der Waals surface area contributed by atoms with Gasteiger partial charge in [-0.15, -0.1) is 0 Å². The quantitative estimate of drug-likeness (QED) is 0.388. The molecule has 3 aliphatic rings. The molecule has 2 fully saturated rings. The molecule has 0 radical (unpaired) electrons. The molecule has 0 spiro atoms. The normalized spacial score (nSPS) is 29.2. The van der Waals surface area contributed by atoms with E-state index < -0.39 is 59.9 Å². The van der Waals surface area contributed by atoms with Crippen molar-refractivity contribution in [3.63, 3.8) is 0 Å². The molecule has 1 saturated carbocycles. The SMILES string of the molecule is CC(=O)[C@@H]1[C@H](C)[C@@H]2CN1C(=O)[C@H](C(C)(C)C)NC(=O)O[C@]1(C)CCC[C@H]1CCCCCc1nc3ccc(OCC(F)(F)F)cc3nc1O2. The van der Waals surface area contributed by atoms with Crippen molar-refractivity contribution >= 4 is 28.8 Å². The molecule has 264 valence electrons. The Bertz CT molecular complexity index is 1530. The number of amides is 2. The number of benzene rings is 1. The van der Waals surface area contributed by atoms with E-state index >= 15 is 0 Å². The maximum atomic E-state index is 14.3. The van der Waals surface area contributed by atoms with Crippen molar-refractivity contribution in [2.24, 2.45) is 17.3 Å². The number of nitrogens with one attached hydrogen (secondary N) is 1. The molecule has 13 heteroatoms. The van der Waals surface area contributed by atoms with Crippen LogP contribution < -0.4 is 14.8 Å². The predicted molar refractivity (Wildman–Crippen MR) is 172 cm³/mol. The first-order valence-corrected chi connectivity index (χ1v) is 16.9. The Morgan fingerprint density at radius 1 is 1.08 bits per heavy atom. The van der Waals surface area contributed by atoms with E-state index in [2.05, 4.69) is 5.32 Å². The lowest BCUT2D eigenvalue weighted by Crippen LogP contribution is -2.57. The Hall–Kier alpha value is -3.64. The van der Waals surface area contributed by atoms with E-state index in [1.54, 1.807) is 6.07 Å². The molecule has 1 saturated heterocycles. The lowest BCUT2D eigenvalue weighted by molar-refractivity contribution is -0.153. The van der Waals surface area contributed by atoms with Crippen molar-refractivity contribution in [1.29, 1.82) is 0 Å². The summed E-state index contributed by atoms with van der Waals surface area (Å²) >= 11 is 0. The molecule has 10 nitrogen and oxygen atoms in total. The molecule has 2 amide bonds. The van der Waals surface area contributed by atoms with Crippen molar-refractivity contribution in [1.82, 2.24) is 20.2 Å². The summed E-state index contributed by atoms with van der Waals surface area (Å²) in [5.74, 6) is -0.686. The highest BCUT2D eigenvalue weighted by Gasteiger charge is 2.50. The minimum absolute atomic E-state index is 0.00456. The number of aromatic nitrogens is 2. The summed E-state index contributed by atoms with van der Waals surface area (Å²) in [5, 5.41) is 2.86. The van der Waals surface area contributed by atoms with Crippen molar-refractivity contribution in [2.75, 3.05) is 13.2 Å². The smallest absolute Gasteiger partial charge is 0.422 e. The van der Waals surface area contributed by atoms with Crippen LogP contribution >= 0.6 is 0 Å². The van der Waals surface area contributed by atoms with Crippen LogP contribution in [0.1, 0.15) is 92.2 Å². The third kappa shape index (κ3) is 7.97. The van der Waals surface area contributed by atoms with Crippen LogP contribution in [-0.4, -0.2) is 75.8 Å². The average Bonchev–Trinajstić information content (AvgIpc) is 3.51. The molecule has 1 aliphatic carbocycles. The Morgan fingerprint density at radius 3 is 2.50 bits per heavy atom. The third-order valence-corrected chi connectivity index (χ3v) is 10.1. The van der Waals surface area contributed by atoms with E-state index in [1.165, 1.54) is 24.0 Å². The lowest BCUT2D eigenvalue weighted by Gasteiger charge is -2.37. The van der Waals surface area contributed by atoms with Gasteiger partial charge in [0.2, 0.25) is 11.8 Å². The summed E-state index contributed by atoms with van der Waals surface area (Å²) in [5.41, 5.74) is 0.0219. The summed E-state index contributed by atoms with van der Waals surface area (Å²) in [6, 6.07) is 2.61. The number of carbonyl (C=O) groups is 3. The zero-order chi connectivity index (χ0) is 35.0. The standard InChI is InChI=1S/C35H47F3N4O6/c1-20-27-18-42(28(20)21(2)43)31(44)29(33(3,4)5)41-32(45)48-34(6)16-10-12-22(34)11-8-7-9-13-25-30(47-27)40-26-17-23(14-15-24(26)39-25)46-19-35(36,37)38/h14-15,17,20,22,27-29H,7-13,16,18-19H2,1-6H3,(H,41,45)/t20-,22-,27+,28+,29-,34-/m1/s1. The molecule has 2 aromatic rings. The monoisotopic (exact) mass is 676 g/mol. The average molecular weight is 677 g/mol.